The Morgan fingerprint density at radius 3 is 3.00 bits per heavy atom. The minimum atomic E-state index is -1.11. The number of halogens is 1. The fourth-order valence-electron chi connectivity index (χ4n) is 0.275. The minimum absolute atomic E-state index is 0.0972. The summed E-state index contributed by atoms with van der Waals surface area (Å²) in [6.45, 7) is 0.0972. The first-order valence-corrected chi connectivity index (χ1v) is 1.67. The quantitative estimate of drug-likeness (QED) is 0.392. The predicted molar refractivity (Wildman–Crippen MR) is 19.3 cm³/mol. The van der Waals surface area contributed by atoms with Crippen LogP contribution in [0.4, 0.5) is 4.39 Å². The smallest absolute Gasteiger partial charge is 0.226 e. The summed E-state index contributed by atoms with van der Waals surface area (Å²) in [5.41, 5.74) is 0. The summed E-state index contributed by atoms with van der Waals surface area (Å²) in [7, 11) is 0. The molecule has 0 fully saturated rings. The van der Waals surface area contributed by atoms with Gasteiger partial charge in [-0.2, -0.15) is 0 Å². The van der Waals surface area contributed by atoms with Crippen molar-refractivity contribution in [3.63, 3.8) is 0 Å². The molecule has 2 nitrogen and oxygen atoms in total. The Labute approximate surface area is 34.6 Å². The average molecular weight is 89.1 g/mol. The van der Waals surface area contributed by atoms with Gasteiger partial charge in [0.05, 0.1) is 0 Å². The Kier molecular flexibility index (Phi) is 0.742. The topological polar surface area (TPSA) is 21.6 Å². The van der Waals surface area contributed by atoms with Crippen molar-refractivity contribution in [1.82, 2.24) is 0 Å². The van der Waals surface area contributed by atoms with Gasteiger partial charge in [-0.3, -0.25) is 0 Å². The molecule has 1 rings (SSSR count). The first kappa shape index (κ1) is 3.59. The molecule has 0 saturated heterocycles. The molecule has 0 aromatic heterocycles. The van der Waals surface area contributed by atoms with Crippen molar-refractivity contribution in [2.75, 3.05) is 6.61 Å². The normalized spacial score (nSPS) is 30.5. The van der Waals surface area contributed by atoms with E-state index in [0.717, 1.165) is 6.40 Å². The molecule has 0 aromatic carbocycles. The van der Waals surface area contributed by atoms with Crippen molar-refractivity contribution in [2.45, 2.75) is 6.30 Å². The Hall–Kier alpha value is -0.600. The van der Waals surface area contributed by atoms with Crippen LogP contribution in [0.15, 0.2) is 4.99 Å². The molecule has 0 bridgehead atoms. The number of rotatable bonds is 0. The second-order valence-corrected chi connectivity index (χ2v) is 1.02. The second kappa shape index (κ2) is 1.24. The monoisotopic (exact) mass is 89.0 g/mol. The van der Waals surface area contributed by atoms with Gasteiger partial charge in [0.2, 0.25) is 6.30 Å². The molecule has 1 aliphatic rings. The zero-order chi connectivity index (χ0) is 4.41. The molecule has 0 amide bonds. The Morgan fingerprint density at radius 1 is 2.00 bits per heavy atom. The van der Waals surface area contributed by atoms with Crippen molar-refractivity contribution in [3.05, 3.63) is 0 Å². The largest absolute Gasteiger partial charge is 0.478 e. The zero-order valence-corrected chi connectivity index (χ0v) is 3.10. The van der Waals surface area contributed by atoms with Crippen LogP contribution in [0.2, 0.25) is 0 Å². The second-order valence-electron chi connectivity index (χ2n) is 1.02. The maximum atomic E-state index is 11.6. The summed E-state index contributed by atoms with van der Waals surface area (Å²) in [6, 6.07) is 0. The third-order valence-electron chi connectivity index (χ3n) is 0.531. The third kappa shape index (κ3) is 0.478. The molecule has 1 atom stereocenters. The van der Waals surface area contributed by atoms with Crippen molar-refractivity contribution in [1.29, 1.82) is 0 Å². The van der Waals surface area contributed by atoms with Crippen LogP contribution in [0.3, 0.4) is 0 Å². The SMILES string of the molecule is FC1COC=N1. The molecule has 0 N–H and O–H groups in total. The molecular weight excluding hydrogens is 85.0 g/mol. The molecule has 6 heavy (non-hydrogen) atoms. The van der Waals surface area contributed by atoms with Crippen LogP contribution in [-0.2, 0) is 4.74 Å². The van der Waals surface area contributed by atoms with E-state index in [2.05, 4.69) is 9.73 Å². The van der Waals surface area contributed by atoms with Gasteiger partial charge in [0.15, 0.2) is 6.40 Å². The first-order valence-electron chi connectivity index (χ1n) is 1.67. The Balaban J connectivity index is 2.38. The van der Waals surface area contributed by atoms with Gasteiger partial charge in [-0.05, 0) is 0 Å². The highest BCUT2D eigenvalue weighted by Gasteiger charge is 2.05. The van der Waals surface area contributed by atoms with Crippen LogP contribution in [0.1, 0.15) is 0 Å². The van der Waals surface area contributed by atoms with E-state index in [0.29, 0.717) is 0 Å². The van der Waals surface area contributed by atoms with Crippen LogP contribution in [0.5, 0.6) is 0 Å². The molecule has 34 valence electrons. The van der Waals surface area contributed by atoms with E-state index in [4.69, 9.17) is 0 Å². The highest BCUT2D eigenvalue weighted by Crippen LogP contribution is 1.97. The molecule has 1 heterocycles. The summed E-state index contributed by atoms with van der Waals surface area (Å²) in [6.07, 6.45) is 0.0231. The number of alkyl halides is 1. The highest BCUT2D eigenvalue weighted by atomic mass is 19.1. The zero-order valence-electron chi connectivity index (χ0n) is 3.10. The molecule has 0 aromatic rings. The fraction of sp³-hybridized carbons (Fsp3) is 0.667. The van der Waals surface area contributed by atoms with Crippen LogP contribution in [-0.4, -0.2) is 19.3 Å². The number of ether oxygens (including phenoxy) is 1. The Morgan fingerprint density at radius 2 is 2.83 bits per heavy atom. The van der Waals surface area contributed by atoms with E-state index < -0.39 is 6.30 Å². The lowest BCUT2D eigenvalue weighted by Crippen LogP contribution is -1.94. The van der Waals surface area contributed by atoms with Gasteiger partial charge in [0, 0.05) is 0 Å². The van der Waals surface area contributed by atoms with Crippen LogP contribution in [0.25, 0.3) is 0 Å². The summed E-state index contributed by atoms with van der Waals surface area (Å²) >= 11 is 0. The van der Waals surface area contributed by atoms with Crippen molar-refractivity contribution < 1.29 is 9.13 Å². The molecular formula is C3H4FNO. The van der Waals surface area contributed by atoms with Gasteiger partial charge in [0.1, 0.15) is 6.61 Å². The van der Waals surface area contributed by atoms with Crippen molar-refractivity contribution in [2.24, 2.45) is 4.99 Å². The summed E-state index contributed by atoms with van der Waals surface area (Å²) in [4.78, 5) is 3.22. The molecule has 0 aliphatic carbocycles. The van der Waals surface area contributed by atoms with Crippen molar-refractivity contribution >= 4 is 6.40 Å². The van der Waals surface area contributed by atoms with Crippen LogP contribution < -0.4 is 0 Å². The van der Waals surface area contributed by atoms with E-state index in [1.165, 1.54) is 0 Å². The van der Waals surface area contributed by atoms with E-state index in [9.17, 15) is 4.39 Å². The number of hydrogen-bond acceptors (Lipinski definition) is 2. The van der Waals surface area contributed by atoms with Crippen LogP contribution in [0, 0.1) is 0 Å². The predicted octanol–water partition coefficient (Wildman–Crippen LogP) is 0.341. The van der Waals surface area contributed by atoms with E-state index in [1.807, 2.05) is 0 Å². The lowest BCUT2D eigenvalue weighted by atomic mass is 10.7. The minimum Gasteiger partial charge on any atom is -0.478 e. The van der Waals surface area contributed by atoms with Gasteiger partial charge in [-0.1, -0.05) is 0 Å². The van der Waals surface area contributed by atoms with Gasteiger partial charge in [-0.25, -0.2) is 9.38 Å². The molecule has 0 spiro atoms. The fourth-order valence-corrected chi connectivity index (χ4v) is 0.275. The number of hydrogen-bond donors (Lipinski definition) is 0. The van der Waals surface area contributed by atoms with Gasteiger partial charge >= 0.3 is 0 Å². The lowest BCUT2D eigenvalue weighted by molar-refractivity contribution is 0.239. The Bertz CT molecular complexity index is 73.2. The standard InChI is InChI=1S/C3H4FNO/c4-3-1-6-2-5-3/h2-3H,1H2. The number of nitrogens with zero attached hydrogens (tertiary/aromatic N) is 1. The third-order valence-corrected chi connectivity index (χ3v) is 0.531. The van der Waals surface area contributed by atoms with Crippen molar-refractivity contribution in [3.8, 4) is 0 Å². The van der Waals surface area contributed by atoms with E-state index in [-0.39, 0.29) is 6.61 Å². The van der Waals surface area contributed by atoms with Gasteiger partial charge in [-0.15, -0.1) is 0 Å². The average Bonchev–Trinajstić information content (AvgIpc) is 1.86. The molecule has 0 saturated carbocycles. The summed E-state index contributed by atoms with van der Waals surface area (Å²) in [5.74, 6) is 0. The molecule has 1 aliphatic heterocycles. The molecule has 3 heteroatoms. The molecule has 0 radical (unpaired) electrons. The van der Waals surface area contributed by atoms with Gasteiger partial charge in [0.25, 0.3) is 0 Å². The maximum absolute atomic E-state index is 11.6. The summed E-state index contributed by atoms with van der Waals surface area (Å²) < 4.78 is 16.0. The van der Waals surface area contributed by atoms with Gasteiger partial charge < -0.3 is 4.74 Å². The maximum Gasteiger partial charge on any atom is 0.226 e. The number of aliphatic imine (C=N–C) groups is 1. The lowest BCUT2D eigenvalue weighted by Gasteiger charge is -1.84. The first-order chi connectivity index (χ1) is 2.89. The molecule has 1 unspecified atom stereocenters. The van der Waals surface area contributed by atoms with Crippen LogP contribution >= 0.6 is 0 Å². The summed E-state index contributed by atoms with van der Waals surface area (Å²) in [5, 5.41) is 0. The van der Waals surface area contributed by atoms with E-state index >= 15 is 0 Å². The highest BCUT2D eigenvalue weighted by molar-refractivity contribution is 5.48. The van der Waals surface area contributed by atoms with E-state index in [1.54, 1.807) is 0 Å².